The van der Waals surface area contributed by atoms with E-state index in [4.69, 9.17) is 21.6 Å². The lowest BCUT2D eigenvalue weighted by Gasteiger charge is -2.28. The van der Waals surface area contributed by atoms with Gasteiger partial charge in [0.05, 0.1) is 10.5 Å². The molecular weight excluding hydrogens is 464 g/mol. The Bertz CT molecular complexity index is 1130. The van der Waals surface area contributed by atoms with Gasteiger partial charge in [-0.3, -0.25) is 0 Å². The van der Waals surface area contributed by atoms with Gasteiger partial charge < -0.3 is 4.90 Å². The number of unbranched alkanes of at least 4 members (excludes halogenated alkanes) is 1. The number of hydrogen-bond donors (Lipinski definition) is 0. The summed E-state index contributed by atoms with van der Waals surface area (Å²) >= 11 is 5.95. The number of fused-ring (bicyclic) bond motifs is 1. The van der Waals surface area contributed by atoms with E-state index in [1.807, 2.05) is 26.2 Å². The van der Waals surface area contributed by atoms with Crippen molar-refractivity contribution in [2.24, 2.45) is 11.8 Å². The van der Waals surface area contributed by atoms with Gasteiger partial charge >= 0.3 is 0 Å². The third kappa shape index (κ3) is 6.69. The van der Waals surface area contributed by atoms with E-state index >= 15 is 0 Å². The first-order valence-corrected chi connectivity index (χ1v) is 13.4. The van der Waals surface area contributed by atoms with Crippen molar-refractivity contribution in [2.75, 3.05) is 19.0 Å². The molecule has 35 heavy (non-hydrogen) atoms. The molecule has 1 heterocycles. The molecular formula is C29H36ClF2N3. The lowest BCUT2D eigenvalue weighted by atomic mass is 9.78. The Morgan fingerprint density at radius 2 is 1.49 bits per heavy atom. The van der Waals surface area contributed by atoms with Crippen molar-refractivity contribution in [3.8, 4) is 0 Å². The smallest absolute Gasteiger partial charge is 0.142 e. The summed E-state index contributed by atoms with van der Waals surface area (Å²) in [5.74, 6) is 2.55. The molecule has 0 bridgehead atoms. The standard InChI is InChI=1S/C29H36ClF2N3/c1-35(2)29-23-11-5-6-12-26(23)33-27(34-29)13-7-9-21-16-14-20(15-17-21)8-3-4-10-22-24(31)18-19-25(32)28(22)30/h5-6,11-12,18-21H,3-4,7-10,13-17H2,1-2H3. The maximum Gasteiger partial charge on any atom is 0.142 e. The van der Waals surface area contributed by atoms with E-state index in [2.05, 4.69) is 17.0 Å². The summed E-state index contributed by atoms with van der Waals surface area (Å²) in [6.07, 6.45) is 12.0. The summed E-state index contributed by atoms with van der Waals surface area (Å²) in [5.41, 5.74) is 1.34. The maximum absolute atomic E-state index is 13.9. The van der Waals surface area contributed by atoms with Gasteiger partial charge in [-0.25, -0.2) is 18.7 Å². The molecule has 188 valence electrons. The van der Waals surface area contributed by atoms with Crippen molar-refractivity contribution in [3.05, 3.63) is 64.4 Å². The first-order chi connectivity index (χ1) is 16.9. The molecule has 1 aliphatic rings. The molecule has 0 saturated heterocycles. The molecule has 1 saturated carbocycles. The number of hydrogen-bond acceptors (Lipinski definition) is 3. The van der Waals surface area contributed by atoms with E-state index in [0.717, 1.165) is 66.1 Å². The molecule has 0 spiro atoms. The van der Waals surface area contributed by atoms with E-state index in [1.54, 1.807) is 0 Å². The number of nitrogens with zero attached hydrogens (tertiary/aromatic N) is 3. The van der Waals surface area contributed by atoms with E-state index in [0.29, 0.717) is 12.0 Å². The molecule has 0 unspecified atom stereocenters. The molecule has 0 N–H and O–H groups in total. The van der Waals surface area contributed by atoms with Gasteiger partial charge in [-0.15, -0.1) is 0 Å². The molecule has 2 aromatic carbocycles. The predicted molar refractivity (Wildman–Crippen MR) is 141 cm³/mol. The van der Waals surface area contributed by atoms with Gasteiger partial charge in [0.15, 0.2) is 0 Å². The maximum atomic E-state index is 13.9. The van der Waals surface area contributed by atoms with E-state index in [1.165, 1.54) is 44.6 Å². The van der Waals surface area contributed by atoms with Crippen molar-refractivity contribution in [3.63, 3.8) is 0 Å². The highest BCUT2D eigenvalue weighted by atomic mass is 35.5. The van der Waals surface area contributed by atoms with Crippen LogP contribution in [0.15, 0.2) is 36.4 Å². The second-order valence-electron chi connectivity index (χ2n) is 10.2. The van der Waals surface area contributed by atoms with Crippen LogP contribution in [0.4, 0.5) is 14.6 Å². The summed E-state index contributed by atoms with van der Waals surface area (Å²) in [7, 11) is 4.07. The Morgan fingerprint density at radius 3 is 2.20 bits per heavy atom. The predicted octanol–water partition coefficient (Wildman–Crippen LogP) is 8.17. The van der Waals surface area contributed by atoms with Crippen LogP contribution in [-0.4, -0.2) is 24.1 Å². The van der Waals surface area contributed by atoms with Crippen LogP contribution >= 0.6 is 11.6 Å². The average Bonchev–Trinajstić information content (AvgIpc) is 2.86. The molecule has 0 aliphatic heterocycles. The Labute approximate surface area is 212 Å². The minimum atomic E-state index is -0.535. The summed E-state index contributed by atoms with van der Waals surface area (Å²) < 4.78 is 27.5. The van der Waals surface area contributed by atoms with E-state index in [9.17, 15) is 8.78 Å². The fourth-order valence-corrected chi connectivity index (χ4v) is 5.70. The minimum Gasteiger partial charge on any atom is -0.362 e. The van der Waals surface area contributed by atoms with Gasteiger partial charge in [0.25, 0.3) is 0 Å². The zero-order chi connectivity index (χ0) is 24.8. The van der Waals surface area contributed by atoms with Gasteiger partial charge in [-0.05, 0) is 55.4 Å². The monoisotopic (exact) mass is 499 g/mol. The van der Waals surface area contributed by atoms with Crippen molar-refractivity contribution < 1.29 is 8.78 Å². The molecule has 1 aliphatic carbocycles. The molecule has 1 fully saturated rings. The Balaban J connectivity index is 1.17. The van der Waals surface area contributed by atoms with Crippen molar-refractivity contribution >= 4 is 28.3 Å². The van der Waals surface area contributed by atoms with Crippen LogP contribution < -0.4 is 4.90 Å². The second-order valence-corrected chi connectivity index (χ2v) is 10.6. The normalized spacial score (nSPS) is 18.2. The van der Waals surface area contributed by atoms with Crippen LogP contribution in [0.2, 0.25) is 5.02 Å². The average molecular weight is 500 g/mol. The van der Waals surface area contributed by atoms with Crippen molar-refractivity contribution in [1.29, 1.82) is 0 Å². The Morgan fingerprint density at radius 1 is 0.829 bits per heavy atom. The molecule has 3 nitrogen and oxygen atoms in total. The van der Waals surface area contributed by atoms with Crippen LogP contribution in [-0.2, 0) is 12.8 Å². The SMILES string of the molecule is CN(C)c1nc(CCCC2CCC(CCCCc3c(F)ccc(F)c3Cl)CC2)nc2ccccc12. The third-order valence-electron chi connectivity index (χ3n) is 7.46. The summed E-state index contributed by atoms with van der Waals surface area (Å²) in [6.45, 7) is 0. The highest BCUT2D eigenvalue weighted by Crippen LogP contribution is 2.35. The van der Waals surface area contributed by atoms with E-state index < -0.39 is 11.6 Å². The molecule has 6 heteroatoms. The molecule has 0 radical (unpaired) electrons. The zero-order valence-electron chi connectivity index (χ0n) is 20.9. The van der Waals surface area contributed by atoms with Crippen LogP contribution in [0.3, 0.4) is 0 Å². The quantitative estimate of drug-likeness (QED) is 0.208. The minimum absolute atomic E-state index is 0.0578. The molecule has 1 aromatic heterocycles. The highest BCUT2D eigenvalue weighted by molar-refractivity contribution is 6.31. The number of aromatic nitrogens is 2. The number of aryl methyl sites for hydroxylation is 1. The number of halogens is 3. The first kappa shape index (κ1) is 25.8. The Kier molecular flexibility index (Phi) is 8.94. The third-order valence-corrected chi connectivity index (χ3v) is 7.87. The van der Waals surface area contributed by atoms with Gasteiger partial charge in [-0.1, -0.05) is 68.7 Å². The van der Waals surface area contributed by atoms with Gasteiger partial charge in [0.1, 0.15) is 23.3 Å². The first-order valence-electron chi connectivity index (χ1n) is 13.0. The van der Waals surface area contributed by atoms with Gasteiger partial charge in [0.2, 0.25) is 0 Å². The summed E-state index contributed by atoms with van der Waals surface area (Å²) in [5, 5.41) is 1.04. The summed E-state index contributed by atoms with van der Waals surface area (Å²) in [4.78, 5) is 11.7. The van der Waals surface area contributed by atoms with Crippen LogP contribution in [0.25, 0.3) is 10.9 Å². The van der Waals surface area contributed by atoms with Crippen molar-refractivity contribution in [2.45, 2.75) is 70.6 Å². The number of rotatable bonds is 10. The molecule has 0 amide bonds. The van der Waals surface area contributed by atoms with Crippen LogP contribution in [0.1, 0.15) is 69.2 Å². The largest absolute Gasteiger partial charge is 0.362 e. The highest BCUT2D eigenvalue weighted by Gasteiger charge is 2.21. The fraction of sp³-hybridized carbons (Fsp3) is 0.517. The van der Waals surface area contributed by atoms with Gasteiger partial charge in [0, 0.05) is 31.5 Å². The van der Waals surface area contributed by atoms with E-state index in [-0.39, 0.29) is 5.02 Å². The number of benzene rings is 2. The van der Waals surface area contributed by atoms with Crippen LogP contribution in [0.5, 0.6) is 0 Å². The molecule has 0 atom stereocenters. The topological polar surface area (TPSA) is 29.0 Å². The molecule has 3 aromatic rings. The summed E-state index contributed by atoms with van der Waals surface area (Å²) in [6, 6.07) is 10.5. The zero-order valence-corrected chi connectivity index (χ0v) is 21.6. The second kappa shape index (κ2) is 12.1. The fourth-order valence-electron chi connectivity index (χ4n) is 5.45. The Hall–Kier alpha value is -2.27. The lowest BCUT2D eigenvalue weighted by Crippen LogP contribution is -2.15. The van der Waals surface area contributed by atoms with Gasteiger partial charge in [-0.2, -0.15) is 0 Å². The van der Waals surface area contributed by atoms with Crippen LogP contribution in [0, 0.1) is 23.5 Å². The van der Waals surface area contributed by atoms with Crippen molar-refractivity contribution in [1.82, 2.24) is 9.97 Å². The number of anilines is 1. The molecule has 4 rings (SSSR count). The lowest BCUT2D eigenvalue weighted by molar-refractivity contribution is 0.246. The number of para-hydroxylation sites is 1.